The number of pyridine rings is 1. The van der Waals surface area contributed by atoms with Crippen LogP contribution >= 0.6 is 0 Å². The van der Waals surface area contributed by atoms with Crippen LogP contribution in [0.25, 0.3) is 10.9 Å². The Morgan fingerprint density at radius 3 is 2.25 bits per heavy atom. The van der Waals surface area contributed by atoms with Crippen molar-refractivity contribution in [2.45, 2.75) is 217 Å². The van der Waals surface area contributed by atoms with Gasteiger partial charge in [-0.15, -0.1) is 0 Å². The molecular weight excluding hydrogens is 999 g/mol. The van der Waals surface area contributed by atoms with Gasteiger partial charge < -0.3 is 82.5 Å². The molecule has 20 nitrogen and oxygen atoms in total. The molecule has 2 aromatic rings. The van der Waals surface area contributed by atoms with Crippen molar-refractivity contribution in [3.63, 3.8) is 0 Å². The summed E-state index contributed by atoms with van der Waals surface area (Å²) in [4.78, 5) is 43.8. The molecule has 4 aliphatic rings. The van der Waals surface area contributed by atoms with E-state index < -0.39 is 113 Å². The Balaban J connectivity index is 1.19. The topological polar surface area (TPSA) is 247 Å². The standard InChI is InChI=1S/C57H93N3O17/c1-17-42-57(12,68)48(63)35(6)59(15)28-31(2)26-55(10,67)49(77-53-46(62)40(58(13)14)23-32(3)73-53)33(4)47(34(5)52(66)75-42)76-43-27-56(11,69-16)50(36(7)74-43)71-22-21-70-20-18-19-37-24-38-44-41(25-37)72-30-54(8,9)60(44)29-39(45(38)61)51(64)65/h24-25,29,31-36,40,42-43,46-50,53,62-63,67-68H,17-23,26-28,30H2,1-16H3,(H,64,65)/t31-,32-,33+,34-,35-,36+,40+,42-,43+,46-,47+,48-,49-,50+,53+,55-,56-,57-/m1/s1. The number of aromatic nitrogens is 1. The van der Waals surface area contributed by atoms with Gasteiger partial charge in [-0.2, -0.15) is 0 Å². The Morgan fingerprint density at radius 1 is 0.922 bits per heavy atom. The highest BCUT2D eigenvalue weighted by molar-refractivity contribution is 5.95. The summed E-state index contributed by atoms with van der Waals surface area (Å²) in [6.07, 6.45) is -5.60. The molecule has 1 aromatic heterocycles. The van der Waals surface area contributed by atoms with Crippen LogP contribution in [0.1, 0.15) is 131 Å². The van der Waals surface area contributed by atoms with Crippen LogP contribution in [0.5, 0.6) is 5.75 Å². The molecule has 0 unspecified atom stereocenters. The number of hydrogen-bond acceptors (Lipinski definition) is 18. The molecule has 20 heteroatoms. The zero-order chi connectivity index (χ0) is 57.3. The van der Waals surface area contributed by atoms with E-state index in [1.807, 2.05) is 90.0 Å². The summed E-state index contributed by atoms with van der Waals surface area (Å²) in [6, 6.07) is 2.76. The average molecular weight is 1090 g/mol. The molecule has 3 saturated heterocycles. The minimum atomic E-state index is -1.84. The number of rotatable bonds is 16. The van der Waals surface area contributed by atoms with Gasteiger partial charge in [0.1, 0.15) is 47.9 Å². The number of carboxylic acid groups (broad SMARTS) is 1. The van der Waals surface area contributed by atoms with Crippen molar-refractivity contribution in [3.8, 4) is 5.75 Å². The Kier molecular flexibility index (Phi) is 20.6. The smallest absolute Gasteiger partial charge is 0.341 e. The van der Waals surface area contributed by atoms with Crippen LogP contribution < -0.4 is 10.2 Å². The molecule has 5 N–H and O–H groups in total. The predicted molar refractivity (Wildman–Crippen MR) is 287 cm³/mol. The first kappa shape index (κ1) is 62.8. The molecule has 0 spiro atoms. The van der Waals surface area contributed by atoms with Crippen molar-refractivity contribution in [2.24, 2.45) is 17.8 Å². The van der Waals surface area contributed by atoms with E-state index in [1.54, 1.807) is 40.9 Å². The van der Waals surface area contributed by atoms with Gasteiger partial charge in [-0.3, -0.25) is 9.59 Å². The molecule has 3 fully saturated rings. The average Bonchev–Trinajstić information content (AvgIpc) is 3.35. The Bertz CT molecular complexity index is 2380. The number of aliphatic hydroxyl groups excluding tert-OH is 2. The van der Waals surface area contributed by atoms with E-state index in [9.17, 15) is 39.9 Å². The molecule has 438 valence electrons. The van der Waals surface area contributed by atoms with Gasteiger partial charge in [-0.1, -0.05) is 20.8 Å². The van der Waals surface area contributed by atoms with Crippen LogP contribution in [0.4, 0.5) is 0 Å². The molecule has 77 heavy (non-hydrogen) atoms. The highest BCUT2D eigenvalue weighted by Crippen LogP contribution is 2.42. The minimum Gasteiger partial charge on any atom is -0.489 e. The lowest BCUT2D eigenvalue weighted by atomic mass is 9.77. The zero-order valence-corrected chi connectivity index (χ0v) is 48.6. The number of aryl methyl sites for hydroxylation is 1. The molecule has 0 saturated carbocycles. The molecule has 0 aliphatic carbocycles. The first-order valence-corrected chi connectivity index (χ1v) is 27.7. The van der Waals surface area contributed by atoms with Crippen LogP contribution in [0.3, 0.4) is 0 Å². The SMILES string of the molecule is CC[C@H]1OC(=O)[C@H](C)[C@@H](O[C@H]2C[C@@](C)(OC)[C@@H](OCCOCCCc3cc4c5c(c3)c(=O)c(C(=O)O)cn5C(C)(C)CO4)[C@H](C)O2)[C@H](C)[C@@H](O[C@@H]2O[C@H](C)C[C@H](N(C)C)[C@H]2O)[C@](C)(O)C[C@@H](C)CN(C)[C@H](C)[C@@H](O)[C@]1(C)O. The molecule has 6 rings (SSSR count). The number of carbonyl (C=O) groups excluding carboxylic acids is 1. The first-order chi connectivity index (χ1) is 35.9. The van der Waals surface area contributed by atoms with E-state index >= 15 is 0 Å². The molecule has 18 atom stereocenters. The predicted octanol–water partition coefficient (Wildman–Crippen LogP) is 4.72. The van der Waals surface area contributed by atoms with Crippen LogP contribution in [0, 0.1) is 17.8 Å². The van der Waals surface area contributed by atoms with Gasteiger partial charge in [0.25, 0.3) is 0 Å². The van der Waals surface area contributed by atoms with Gasteiger partial charge in [-0.25, -0.2) is 4.79 Å². The molecule has 0 bridgehead atoms. The lowest BCUT2D eigenvalue weighted by Gasteiger charge is -2.49. The zero-order valence-electron chi connectivity index (χ0n) is 48.6. The van der Waals surface area contributed by atoms with Gasteiger partial charge in [0, 0.05) is 50.9 Å². The summed E-state index contributed by atoms with van der Waals surface area (Å²) >= 11 is 0. The monoisotopic (exact) mass is 1090 g/mol. The third-order valence-corrected chi connectivity index (χ3v) is 17.0. The van der Waals surface area contributed by atoms with E-state index in [-0.39, 0.29) is 56.1 Å². The molecular formula is C57H93N3O17. The quantitative estimate of drug-likeness (QED) is 0.113. The maximum Gasteiger partial charge on any atom is 0.341 e. The number of aromatic carboxylic acids is 1. The maximum atomic E-state index is 14.6. The van der Waals surface area contributed by atoms with Crippen molar-refractivity contribution in [1.82, 2.24) is 14.4 Å². The normalized spacial score (nSPS) is 38.7. The number of carboxylic acids is 1. The molecule has 0 radical (unpaired) electrons. The number of esters is 1. The summed E-state index contributed by atoms with van der Waals surface area (Å²) < 4.78 is 59.4. The van der Waals surface area contributed by atoms with Crippen molar-refractivity contribution in [1.29, 1.82) is 0 Å². The van der Waals surface area contributed by atoms with E-state index in [0.717, 1.165) is 5.56 Å². The Hall–Kier alpha value is -3.35. The van der Waals surface area contributed by atoms with Crippen LogP contribution in [0.15, 0.2) is 23.1 Å². The molecule has 4 aliphatic heterocycles. The van der Waals surface area contributed by atoms with E-state index in [1.165, 1.54) is 13.1 Å². The summed E-state index contributed by atoms with van der Waals surface area (Å²) in [5.74, 6) is -3.49. The van der Waals surface area contributed by atoms with Gasteiger partial charge >= 0.3 is 11.9 Å². The van der Waals surface area contributed by atoms with E-state index in [2.05, 4.69) is 0 Å². The summed E-state index contributed by atoms with van der Waals surface area (Å²) in [6.45, 7) is 23.3. The number of cyclic esters (lactones) is 1. The van der Waals surface area contributed by atoms with Gasteiger partial charge in [-0.05, 0) is 139 Å². The summed E-state index contributed by atoms with van der Waals surface area (Å²) in [5.41, 5.74) is -4.41. The fourth-order valence-corrected chi connectivity index (χ4v) is 12.4. The first-order valence-electron chi connectivity index (χ1n) is 27.7. The fourth-order valence-electron chi connectivity index (χ4n) is 12.4. The van der Waals surface area contributed by atoms with Crippen LogP contribution in [-0.2, 0) is 54.6 Å². The van der Waals surface area contributed by atoms with E-state index in [4.69, 9.17) is 42.6 Å². The number of benzene rings is 1. The lowest BCUT2D eigenvalue weighted by Crippen LogP contribution is -2.61. The second-order valence-electron chi connectivity index (χ2n) is 24.4. The second-order valence-corrected chi connectivity index (χ2v) is 24.4. The molecule has 5 heterocycles. The lowest BCUT2D eigenvalue weighted by molar-refractivity contribution is -0.321. The van der Waals surface area contributed by atoms with Crippen molar-refractivity contribution in [2.75, 3.05) is 61.2 Å². The fraction of sp³-hybridized carbons (Fsp3) is 0.807. The highest BCUT2D eigenvalue weighted by atomic mass is 16.7. The number of ether oxygens (including phenoxy) is 9. The van der Waals surface area contributed by atoms with Gasteiger partial charge in [0.05, 0.1) is 71.2 Å². The third-order valence-electron chi connectivity index (χ3n) is 17.0. The number of methoxy groups -OCH3 is 1. The van der Waals surface area contributed by atoms with Gasteiger partial charge in [0.15, 0.2) is 12.6 Å². The van der Waals surface area contributed by atoms with Crippen LogP contribution in [-0.4, -0.2) is 203 Å². The number of likely N-dealkylation sites (N-methyl/N-ethyl adjacent to an activating group) is 2. The summed E-state index contributed by atoms with van der Waals surface area (Å²) in [7, 11) is 7.19. The number of aliphatic hydroxyl groups is 4. The van der Waals surface area contributed by atoms with Crippen LogP contribution in [0.2, 0.25) is 0 Å². The number of hydrogen-bond donors (Lipinski definition) is 5. The Morgan fingerprint density at radius 2 is 1.61 bits per heavy atom. The van der Waals surface area contributed by atoms with Crippen molar-refractivity contribution >= 4 is 22.8 Å². The minimum absolute atomic E-state index is 0.159. The van der Waals surface area contributed by atoms with E-state index in [0.29, 0.717) is 55.7 Å². The van der Waals surface area contributed by atoms with Crippen molar-refractivity contribution in [3.05, 3.63) is 39.7 Å². The van der Waals surface area contributed by atoms with Gasteiger partial charge in [0.2, 0.25) is 5.43 Å². The number of nitrogens with zero attached hydrogens (tertiary/aromatic N) is 3. The largest absolute Gasteiger partial charge is 0.489 e. The third kappa shape index (κ3) is 13.9. The molecule has 0 amide bonds. The molecule has 1 aromatic carbocycles. The second kappa shape index (κ2) is 25.2. The highest BCUT2D eigenvalue weighted by Gasteiger charge is 2.53. The maximum absolute atomic E-state index is 14.6. The number of carbonyl (C=O) groups is 2. The van der Waals surface area contributed by atoms with Crippen molar-refractivity contribution < 1.29 is 77.8 Å². The summed E-state index contributed by atoms with van der Waals surface area (Å²) in [5, 5.41) is 58.3. The Labute approximate surface area is 455 Å².